The molecule has 2 aromatic rings. The van der Waals surface area contributed by atoms with Gasteiger partial charge in [-0.15, -0.1) is 0 Å². The highest BCUT2D eigenvalue weighted by molar-refractivity contribution is 5.93. The first-order chi connectivity index (χ1) is 9.08. The number of aromatic nitrogens is 3. The second-order valence-corrected chi connectivity index (χ2v) is 3.66. The second kappa shape index (κ2) is 5.17. The summed E-state index contributed by atoms with van der Waals surface area (Å²) in [6, 6.07) is 6.60. The molecule has 0 aliphatic heterocycles. The lowest BCUT2D eigenvalue weighted by atomic mass is 10.2. The third-order valence-electron chi connectivity index (χ3n) is 2.30. The fraction of sp³-hybridized carbons (Fsp3) is 0.0909. The van der Waals surface area contributed by atoms with E-state index in [4.69, 9.17) is 11.5 Å². The topological polar surface area (TPSA) is 132 Å². The molecule has 98 valence electrons. The Labute approximate surface area is 109 Å². The number of hydrogen-bond acceptors (Lipinski definition) is 7. The first-order valence-electron chi connectivity index (χ1n) is 5.44. The highest BCUT2D eigenvalue weighted by atomic mass is 16.1. The number of nitrogen functional groups attached to an aromatic ring is 1. The average molecular weight is 259 g/mol. The molecule has 1 heterocycles. The molecule has 0 bridgehead atoms. The molecule has 0 saturated carbocycles. The van der Waals surface area contributed by atoms with E-state index in [0.717, 1.165) is 0 Å². The predicted octanol–water partition coefficient (Wildman–Crippen LogP) is 0.338. The van der Waals surface area contributed by atoms with Gasteiger partial charge in [-0.05, 0) is 24.3 Å². The van der Waals surface area contributed by atoms with Crippen molar-refractivity contribution >= 4 is 29.4 Å². The lowest BCUT2D eigenvalue weighted by Gasteiger charge is -2.07. The summed E-state index contributed by atoms with van der Waals surface area (Å²) in [4.78, 5) is 22.9. The van der Waals surface area contributed by atoms with E-state index in [1.807, 2.05) is 0 Å². The third kappa shape index (κ3) is 3.06. The molecule has 8 heteroatoms. The Morgan fingerprint density at radius 1 is 1.11 bits per heavy atom. The smallest absolute Gasteiger partial charge is 0.248 e. The lowest BCUT2D eigenvalue weighted by molar-refractivity contribution is 0.100. The Kier molecular flexibility index (Phi) is 3.42. The van der Waals surface area contributed by atoms with Gasteiger partial charge in [-0.3, -0.25) is 4.79 Å². The lowest BCUT2D eigenvalue weighted by Crippen LogP contribution is -2.10. The third-order valence-corrected chi connectivity index (χ3v) is 2.30. The number of amides is 1. The second-order valence-electron chi connectivity index (χ2n) is 3.66. The van der Waals surface area contributed by atoms with Crippen molar-refractivity contribution in [3.8, 4) is 0 Å². The molecule has 1 amide bonds. The summed E-state index contributed by atoms with van der Waals surface area (Å²) in [7, 11) is 1.68. The van der Waals surface area contributed by atoms with Crippen LogP contribution in [0.25, 0.3) is 0 Å². The van der Waals surface area contributed by atoms with Crippen LogP contribution in [0.5, 0.6) is 0 Å². The van der Waals surface area contributed by atoms with E-state index in [0.29, 0.717) is 23.1 Å². The van der Waals surface area contributed by atoms with Gasteiger partial charge in [0.25, 0.3) is 0 Å². The van der Waals surface area contributed by atoms with Crippen molar-refractivity contribution in [3.63, 3.8) is 0 Å². The van der Waals surface area contributed by atoms with Crippen LogP contribution < -0.4 is 22.1 Å². The number of nitrogens with zero attached hydrogens (tertiary/aromatic N) is 3. The van der Waals surface area contributed by atoms with Crippen LogP contribution in [-0.2, 0) is 0 Å². The zero-order valence-electron chi connectivity index (χ0n) is 10.2. The van der Waals surface area contributed by atoms with Crippen LogP contribution in [0.3, 0.4) is 0 Å². The number of anilines is 4. The largest absolute Gasteiger partial charge is 0.368 e. The highest BCUT2D eigenvalue weighted by Crippen LogP contribution is 2.15. The van der Waals surface area contributed by atoms with E-state index in [9.17, 15) is 4.79 Å². The van der Waals surface area contributed by atoms with Gasteiger partial charge in [0.1, 0.15) is 0 Å². The van der Waals surface area contributed by atoms with Crippen LogP contribution in [0.2, 0.25) is 0 Å². The van der Waals surface area contributed by atoms with Crippen LogP contribution in [-0.4, -0.2) is 27.9 Å². The fourth-order valence-electron chi connectivity index (χ4n) is 1.41. The van der Waals surface area contributed by atoms with Gasteiger partial charge in [0, 0.05) is 18.3 Å². The Hall–Kier alpha value is -2.90. The van der Waals surface area contributed by atoms with Crippen molar-refractivity contribution in [3.05, 3.63) is 29.8 Å². The molecule has 19 heavy (non-hydrogen) atoms. The summed E-state index contributed by atoms with van der Waals surface area (Å²) in [5, 5.41) is 5.73. The minimum Gasteiger partial charge on any atom is -0.368 e. The Bertz CT molecular complexity index is 596. The maximum Gasteiger partial charge on any atom is 0.248 e. The molecule has 2 rings (SSSR count). The van der Waals surface area contributed by atoms with Crippen LogP contribution >= 0.6 is 0 Å². The molecule has 0 unspecified atom stereocenters. The number of nitrogens with two attached hydrogens (primary N) is 2. The molecule has 1 aromatic carbocycles. The van der Waals surface area contributed by atoms with Gasteiger partial charge in [0.05, 0.1) is 0 Å². The standard InChI is InChI=1S/C11H13N7O/c1-14-10-16-9(13)17-11(18-10)15-7-4-2-6(3-5-7)8(12)19/h2-5H,1H3,(H2,12,19)(H4,13,14,15,16,17,18). The average Bonchev–Trinajstić information content (AvgIpc) is 2.38. The van der Waals surface area contributed by atoms with E-state index < -0.39 is 5.91 Å². The first kappa shape index (κ1) is 12.6. The predicted molar refractivity (Wildman–Crippen MR) is 72.0 cm³/mol. The molecule has 0 saturated heterocycles. The van der Waals surface area contributed by atoms with E-state index in [-0.39, 0.29) is 5.95 Å². The van der Waals surface area contributed by atoms with Crippen molar-refractivity contribution in [1.29, 1.82) is 0 Å². The van der Waals surface area contributed by atoms with Crippen molar-refractivity contribution in [2.75, 3.05) is 23.4 Å². The zero-order valence-corrected chi connectivity index (χ0v) is 10.2. The number of hydrogen-bond donors (Lipinski definition) is 4. The van der Waals surface area contributed by atoms with Gasteiger partial charge >= 0.3 is 0 Å². The number of rotatable bonds is 4. The van der Waals surface area contributed by atoms with Crippen molar-refractivity contribution < 1.29 is 4.79 Å². The summed E-state index contributed by atoms with van der Waals surface area (Å²) < 4.78 is 0. The van der Waals surface area contributed by atoms with Gasteiger partial charge in [-0.1, -0.05) is 0 Å². The summed E-state index contributed by atoms with van der Waals surface area (Å²) in [5.74, 6) is 0.302. The molecular formula is C11H13N7O. The number of primary amides is 1. The van der Waals surface area contributed by atoms with Crippen molar-refractivity contribution in [2.45, 2.75) is 0 Å². The minimum absolute atomic E-state index is 0.107. The van der Waals surface area contributed by atoms with Crippen LogP contribution in [0, 0.1) is 0 Å². The molecule has 8 nitrogen and oxygen atoms in total. The summed E-state index contributed by atoms with van der Waals surface area (Å²) >= 11 is 0. The van der Waals surface area contributed by atoms with E-state index >= 15 is 0 Å². The number of benzene rings is 1. The van der Waals surface area contributed by atoms with Gasteiger partial charge in [-0.25, -0.2) is 0 Å². The fourth-order valence-corrected chi connectivity index (χ4v) is 1.41. The van der Waals surface area contributed by atoms with Crippen LogP contribution in [0.4, 0.5) is 23.5 Å². The van der Waals surface area contributed by atoms with Gasteiger partial charge in [0.15, 0.2) is 0 Å². The molecule has 0 atom stereocenters. The molecule has 0 radical (unpaired) electrons. The summed E-state index contributed by atoms with van der Waals surface area (Å²) in [6.45, 7) is 0. The van der Waals surface area contributed by atoms with Gasteiger partial charge in [-0.2, -0.15) is 15.0 Å². The zero-order chi connectivity index (χ0) is 13.8. The summed E-state index contributed by atoms with van der Waals surface area (Å²) in [6.07, 6.45) is 0. The molecular weight excluding hydrogens is 246 g/mol. The number of carbonyl (C=O) groups is 1. The maximum atomic E-state index is 10.9. The van der Waals surface area contributed by atoms with E-state index in [1.165, 1.54) is 0 Å². The van der Waals surface area contributed by atoms with Gasteiger partial charge in [0.2, 0.25) is 23.8 Å². The molecule has 0 spiro atoms. The highest BCUT2D eigenvalue weighted by Gasteiger charge is 2.04. The quantitative estimate of drug-likeness (QED) is 0.622. The minimum atomic E-state index is -0.478. The molecule has 0 aliphatic carbocycles. The van der Waals surface area contributed by atoms with Crippen LogP contribution in [0.15, 0.2) is 24.3 Å². The van der Waals surface area contributed by atoms with E-state index in [1.54, 1.807) is 31.3 Å². The molecule has 0 fully saturated rings. The molecule has 1 aromatic heterocycles. The first-order valence-corrected chi connectivity index (χ1v) is 5.44. The maximum absolute atomic E-state index is 10.9. The van der Waals surface area contributed by atoms with Crippen molar-refractivity contribution in [1.82, 2.24) is 15.0 Å². The monoisotopic (exact) mass is 259 g/mol. The van der Waals surface area contributed by atoms with E-state index in [2.05, 4.69) is 25.6 Å². The SMILES string of the molecule is CNc1nc(N)nc(Nc2ccc(C(N)=O)cc2)n1. The Morgan fingerprint density at radius 3 is 2.32 bits per heavy atom. The molecule has 6 N–H and O–H groups in total. The number of carbonyl (C=O) groups excluding carboxylic acids is 1. The molecule has 0 aliphatic rings. The van der Waals surface area contributed by atoms with Crippen LogP contribution in [0.1, 0.15) is 10.4 Å². The Balaban J connectivity index is 2.21. The number of nitrogens with one attached hydrogen (secondary N) is 2. The van der Waals surface area contributed by atoms with Gasteiger partial charge < -0.3 is 22.1 Å². The Morgan fingerprint density at radius 2 is 1.74 bits per heavy atom. The summed E-state index contributed by atoms with van der Waals surface area (Å²) in [5.41, 5.74) is 11.8. The van der Waals surface area contributed by atoms with Crippen molar-refractivity contribution in [2.24, 2.45) is 5.73 Å². The normalized spacial score (nSPS) is 9.95.